The lowest BCUT2D eigenvalue weighted by Crippen LogP contribution is -2.53. The van der Waals surface area contributed by atoms with Gasteiger partial charge < -0.3 is 15.5 Å². The van der Waals surface area contributed by atoms with E-state index in [0.717, 1.165) is 45.2 Å². The summed E-state index contributed by atoms with van der Waals surface area (Å²) in [4.78, 5) is 11.4. The van der Waals surface area contributed by atoms with Gasteiger partial charge in [0.25, 0.3) is 0 Å². The number of likely N-dealkylation sites (N-methyl/N-ethyl adjacent to an activating group) is 1. The zero-order valence-electron chi connectivity index (χ0n) is 17.2. The highest BCUT2D eigenvalue weighted by molar-refractivity contribution is 7.10. The molecule has 0 radical (unpaired) electrons. The van der Waals surface area contributed by atoms with Crippen molar-refractivity contribution in [3.63, 3.8) is 0 Å². The second-order valence-corrected chi connectivity index (χ2v) is 8.70. The van der Waals surface area contributed by atoms with Crippen molar-refractivity contribution in [2.24, 2.45) is 4.99 Å². The maximum atomic E-state index is 4.86. The Kier molecular flexibility index (Phi) is 8.38. The summed E-state index contributed by atoms with van der Waals surface area (Å²) in [6.45, 7) is 19.7. The van der Waals surface area contributed by atoms with Gasteiger partial charge in [-0.05, 0) is 31.8 Å². The summed E-state index contributed by atoms with van der Waals surface area (Å²) in [6.07, 6.45) is 0. The van der Waals surface area contributed by atoms with Crippen molar-refractivity contribution in [1.29, 1.82) is 0 Å². The molecule has 0 bridgehead atoms. The molecule has 1 fully saturated rings. The summed E-state index contributed by atoms with van der Waals surface area (Å²) >= 11 is 1.81. The molecule has 0 saturated carbocycles. The Labute approximate surface area is 163 Å². The van der Waals surface area contributed by atoms with Crippen molar-refractivity contribution in [3.05, 3.63) is 22.4 Å². The van der Waals surface area contributed by atoms with E-state index in [9.17, 15) is 0 Å². The van der Waals surface area contributed by atoms with Crippen LogP contribution < -0.4 is 10.6 Å². The number of guanidine groups is 1. The van der Waals surface area contributed by atoms with E-state index >= 15 is 0 Å². The summed E-state index contributed by atoms with van der Waals surface area (Å²) in [5, 5.41) is 9.08. The number of aliphatic imine (C=N–C) groups is 1. The molecule has 26 heavy (non-hydrogen) atoms. The number of piperazine rings is 1. The Morgan fingerprint density at radius 1 is 1.23 bits per heavy atom. The molecule has 1 aliphatic heterocycles. The third-order valence-corrected chi connectivity index (χ3v) is 6.44. The normalized spacial score (nSPS) is 18.7. The summed E-state index contributed by atoms with van der Waals surface area (Å²) in [5.41, 5.74) is 0.0681. The van der Waals surface area contributed by atoms with Gasteiger partial charge in [0.1, 0.15) is 0 Å². The van der Waals surface area contributed by atoms with Gasteiger partial charge in [-0.3, -0.25) is 9.89 Å². The lowest BCUT2D eigenvalue weighted by atomic mass is 9.92. The minimum atomic E-state index is 0.0681. The highest BCUT2D eigenvalue weighted by Gasteiger charge is 2.22. The molecule has 148 valence electrons. The van der Waals surface area contributed by atoms with Crippen LogP contribution in [0, 0.1) is 0 Å². The van der Waals surface area contributed by atoms with Gasteiger partial charge in [0, 0.05) is 55.6 Å². The summed E-state index contributed by atoms with van der Waals surface area (Å²) < 4.78 is 0. The Morgan fingerprint density at radius 3 is 2.54 bits per heavy atom. The standard InChI is InChI=1S/C20H37N5S/c1-6-21-19(23-16-20(4,5)18-9-8-14-26-18)22-15-17(3)25-12-10-24(7-2)11-13-25/h8-9,14,17H,6-7,10-13,15-16H2,1-5H3,(H2,21,22,23). The molecule has 0 aromatic carbocycles. The van der Waals surface area contributed by atoms with Crippen LogP contribution in [0.15, 0.2) is 22.5 Å². The molecule has 2 rings (SSSR count). The number of nitrogens with zero attached hydrogens (tertiary/aromatic N) is 3. The summed E-state index contributed by atoms with van der Waals surface area (Å²) in [5.74, 6) is 0.927. The SMILES string of the molecule is CCNC(=NCC(C)(C)c1cccs1)NCC(C)N1CCN(CC)CC1. The van der Waals surface area contributed by atoms with Gasteiger partial charge in [-0.2, -0.15) is 0 Å². The van der Waals surface area contributed by atoms with Gasteiger partial charge in [-0.15, -0.1) is 11.3 Å². The summed E-state index contributed by atoms with van der Waals surface area (Å²) in [7, 11) is 0. The van der Waals surface area contributed by atoms with E-state index in [1.165, 1.54) is 18.0 Å². The van der Waals surface area contributed by atoms with E-state index in [0.29, 0.717) is 6.04 Å². The number of hydrogen-bond acceptors (Lipinski definition) is 4. The Morgan fingerprint density at radius 2 is 1.96 bits per heavy atom. The molecular weight excluding hydrogens is 342 g/mol. The average molecular weight is 380 g/mol. The predicted molar refractivity (Wildman–Crippen MR) is 114 cm³/mol. The van der Waals surface area contributed by atoms with E-state index in [-0.39, 0.29) is 5.41 Å². The highest BCUT2D eigenvalue weighted by Crippen LogP contribution is 2.27. The van der Waals surface area contributed by atoms with Crippen LogP contribution >= 0.6 is 11.3 Å². The molecule has 2 N–H and O–H groups in total. The Hall–Kier alpha value is -1.11. The molecular formula is C20H37N5S. The topological polar surface area (TPSA) is 42.9 Å². The predicted octanol–water partition coefficient (Wildman–Crippen LogP) is 2.61. The molecule has 1 aliphatic rings. The van der Waals surface area contributed by atoms with Gasteiger partial charge >= 0.3 is 0 Å². The van der Waals surface area contributed by atoms with E-state index in [1.54, 1.807) is 0 Å². The van der Waals surface area contributed by atoms with Gasteiger partial charge in [0.2, 0.25) is 0 Å². The van der Waals surface area contributed by atoms with Crippen LogP contribution in [-0.4, -0.2) is 74.2 Å². The zero-order valence-corrected chi connectivity index (χ0v) is 18.0. The molecule has 1 unspecified atom stereocenters. The third-order valence-electron chi connectivity index (χ3n) is 5.21. The zero-order chi connectivity index (χ0) is 19.0. The van der Waals surface area contributed by atoms with Crippen molar-refractivity contribution < 1.29 is 0 Å². The van der Waals surface area contributed by atoms with Crippen LogP contribution in [-0.2, 0) is 5.41 Å². The van der Waals surface area contributed by atoms with E-state index < -0.39 is 0 Å². The molecule has 0 aliphatic carbocycles. The van der Waals surface area contributed by atoms with Crippen molar-refractivity contribution in [3.8, 4) is 0 Å². The molecule has 1 aromatic heterocycles. The second-order valence-electron chi connectivity index (χ2n) is 7.76. The van der Waals surface area contributed by atoms with Crippen LogP contribution in [0.3, 0.4) is 0 Å². The molecule has 5 nitrogen and oxygen atoms in total. The molecule has 0 amide bonds. The Bertz CT molecular complexity index is 532. The third kappa shape index (κ3) is 6.25. The van der Waals surface area contributed by atoms with Gasteiger partial charge in [-0.1, -0.05) is 26.8 Å². The van der Waals surface area contributed by atoms with Crippen molar-refractivity contribution in [2.45, 2.75) is 46.1 Å². The van der Waals surface area contributed by atoms with E-state index in [1.807, 2.05) is 11.3 Å². The number of nitrogens with one attached hydrogen (secondary N) is 2. The minimum absolute atomic E-state index is 0.0681. The maximum absolute atomic E-state index is 4.86. The van der Waals surface area contributed by atoms with E-state index in [4.69, 9.17) is 4.99 Å². The molecule has 2 heterocycles. The smallest absolute Gasteiger partial charge is 0.191 e. The first-order valence-electron chi connectivity index (χ1n) is 9.98. The minimum Gasteiger partial charge on any atom is -0.357 e. The van der Waals surface area contributed by atoms with Crippen LogP contribution in [0.1, 0.15) is 39.5 Å². The van der Waals surface area contributed by atoms with Crippen molar-refractivity contribution in [2.75, 3.05) is 52.4 Å². The lowest BCUT2D eigenvalue weighted by Gasteiger charge is -2.37. The lowest BCUT2D eigenvalue weighted by molar-refractivity contribution is 0.107. The number of thiophene rings is 1. The van der Waals surface area contributed by atoms with Crippen LogP contribution in [0.5, 0.6) is 0 Å². The summed E-state index contributed by atoms with van der Waals surface area (Å²) in [6, 6.07) is 4.84. The molecule has 1 atom stereocenters. The monoisotopic (exact) mass is 379 g/mol. The van der Waals surface area contributed by atoms with Crippen LogP contribution in [0.4, 0.5) is 0 Å². The number of hydrogen-bond donors (Lipinski definition) is 2. The molecule has 6 heteroatoms. The van der Waals surface area contributed by atoms with Gasteiger partial charge in [0.05, 0.1) is 6.54 Å². The van der Waals surface area contributed by atoms with Crippen LogP contribution in [0.2, 0.25) is 0 Å². The van der Waals surface area contributed by atoms with Crippen molar-refractivity contribution >= 4 is 17.3 Å². The first-order chi connectivity index (χ1) is 12.5. The average Bonchev–Trinajstić information content (AvgIpc) is 3.19. The maximum Gasteiger partial charge on any atom is 0.191 e. The second kappa shape index (κ2) is 10.3. The van der Waals surface area contributed by atoms with Gasteiger partial charge in [0.15, 0.2) is 5.96 Å². The highest BCUT2D eigenvalue weighted by atomic mass is 32.1. The quantitative estimate of drug-likeness (QED) is 0.538. The fourth-order valence-electron chi connectivity index (χ4n) is 3.25. The molecule has 0 spiro atoms. The Balaban J connectivity index is 1.85. The fourth-order valence-corrected chi connectivity index (χ4v) is 4.10. The fraction of sp³-hybridized carbons (Fsp3) is 0.750. The van der Waals surface area contributed by atoms with Gasteiger partial charge in [-0.25, -0.2) is 0 Å². The first-order valence-corrected chi connectivity index (χ1v) is 10.9. The van der Waals surface area contributed by atoms with Crippen molar-refractivity contribution in [1.82, 2.24) is 20.4 Å². The number of rotatable bonds is 8. The largest absolute Gasteiger partial charge is 0.357 e. The van der Waals surface area contributed by atoms with Crippen LogP contribution in [0.25, 0.3) is 0 Å². The molecule has 1 saturated heterocycles. The van der Waals surface area contributed by atoms with E-state index in [2.05, 4.69) is 72.6 Å². The first kappa shape index (κ1) is 21.2. The molecule has 1 aromatic rings.